The Labute approximate surface area is 196 Å². The van der Waals surface area contributed by atoms with Gasteiger partial charge in [0.25, 0.3) is 0 Å². The lowest BCUT2D eigenvalue weighted by Gasteiger charge is -2.13. The lowest BCUT2D eigenvalue weighted by atomic mass is 9.99. The summed E-state index contributed by atoms with van der Waals surface area (Å²) >= 11 is 0. The molecule has 0 bridgehead atoms. The van der Waals surface area contributed by atoms with Crippen LogP contribution in [0.15, 0.2) is 71.9 Å². The molecule has 3 aromatic heterocycles. The molecule has 1 saturated carbocycles. The van der Waals surface area contributed by atoms with Crippen molar-refractivity contribution in [3.05, 3.63) is 94.3 Å². The van der Waals surface area contributed by atoms with E-state index in [9.17, 15) is 18.0 Å². The number of aromatic nitrogens is 6. The van der Waals surface area contributed by atoms with Crippen molar-refractivity contribution in [2.75, 3.05) is 0 Å². The van der Waals surface area contributed by atoms with Crippen molar-refractivity contribution in [1.29, 1.82) is 0 Å². The number of nitrogens with zero attached hydrogens (tertiary/aromatic N) is 5. The van der Waals surface area contributed by atoms with E-state index in [1.807, 2.05) is 36.5 Å². The molecule has 0 saturated heterocycles. The maximum absolute atomic E-state index is 13.4. The Morgan fingerprint density at radius 3 is 2.57 bits per heavy atom. The molecule has 35 heavy (non-hydrogen) atoms. The van der Waals surface area contributed by atoms with E-state index in [1.165, 1.54) is 16.8 Å². The summed E-state index contributed by atoms with van der Waals surface area (Å²) in [5.74, 6) is 0.376. The fourth-order valence-corrected chi connectivity index (χ4v) is 4.26. The van der Waals surface area contributed by atoms with Gasteiger partial charge in [0, 0.05) is 18.0 Å². The molecule has 0 aliphatic heterocycles. The maximum atomic E-state index is 13.4. The molecule has 0 unspecified atom stereocenters. The molecular formula is C25H19F3N6O. The third-order valence-corrected chi connectivity index (χ3v) is 6.20. The van der Waals surface area contributed by atoms with Crippen molar-refractivity contribution < 1.29 is 13.2 Å². The van der Waals surface area contributed by atoms with Crippen molar-refractivity contribution in [3.8, 4) is 17.1 Å². The number of nitrogens with one attached hydrogen (secondary N) is 1. The molecule has 1 fully saturated rings. The van der Waals surface area contributed by atoms with E-state index in [-0.39, 0.29) is 24.0 Å². The lowest BCUT2D eigenvalue weighted by Crippen LogP contribution is -2.17. The Morgan fingerprint density at radius 2 is 1.89 bits per heavy atom. The van der Waals surface area contributed by atoms with E-state index in [4.69, 9.17) is 0 Å². The van der Waals surface area contributed by atoms with Gasteiger partial charge < -0.3 is 4.98 Å². The number of hydrogen-bond donors (Lipinski definition) is 1. The van der Waals surface area contributed by atoms with Crippen LogP contribution in [-0.4, -0.2) is 29.3 Å². The van der Waals surface area contributed by atoms with Gasteiger partial charge in [-0.3, -0.25) is 4.57 Å². The summed E-state index contributed by atoms with van der Waals surface area (Å²) in [7, 11) is 0. The second kappa shape index (κ2) is 7.93. The van der Waals surface area contributed by atoms with Crippen LogP contribution in [0.5, 0.6) is 0 Å². The quantitative estimate of drug-likeness (QED) is 0.391. The Kier molecular flexibility index (Phi) is 4.84. The molecule has 0 spiro atoms. The summed E-state index contributed by atoms with van der Waals surface area (Å²) < 4.78 is 43.4. The minimum absolute atomic E-state index is 0.173. The number of H-pyrrole nitrogens is 1. The molecule has 3 heterocycles. The van der Waals surface area contributed by atoms with E-state index < -0.39 is 11.7 Å². The summed E-state index contributed by atoms with van der Waals surface area (Å²) in [6, 6.07) is 13.1. The minimum Gasteiger partial charge on any atom is -0.303 e. The monoisotopic (exact) mass is 476 g/mol. The number of hydrogen-bond acceptors (Lipinski definition) is 4. The largest absolute Gasteiger partial charge is 0.416 e. The molecule has 5 aromatic rings. The molecule has 10 heteroatoms. The predicted octanol–water partition coefficient (Wildman–Crippen LogP) is 4.92. The summed E-state index contributed by atoms with van der Waals surface area (Å²) in [5, 5.41) is 4.20. The first kappa shape index (κ1) is 21.3. The fraction of sp³-hybridized carbons (Fsp3) is 0.200. The second-order valence-electron chi connectivity index (χ2n) is 8.64. The third kappa shape index (κ3) is 4.01. The van der Waals surface area contributed by atoms with Gasteiger partial charge in [-0.2, -0.15) is 18.3 Å². The highest BCUT2D eigenvalue weighted by atomic mass is 19.4. The van der Waals surface area contributed by atoms with Crippen molar-refractivity contribution in [2.24, 2.45) is 0 Å². The van der Waals surface area contributed by atoms with Gasteiger partial charge in [-0.25, -0.2) is 19.4 Å². The highest BCUT2D eigenvalue weighted by Crippen LogP contribution is 2.45. The van der Waals surface area contributed by atoms with Crippen LogP contribution in [0.25, 0.3) is 28.2 Å². The lowest BCUT2D eigenvalue weighted by molar-refractivity contribution is -0.137. The van der Waals surface area contributed by atoms with Gasteiger partial charge in [-0.1, -0.05) is 18.2 Å². The molecule has 1 aliphatic rings. The van der Waals surface area contributed by atoms with Crippen LogP contribution in [0.1, 0.15) is 35.4 Å². The number of aromatic amines is 1. The zero-order valence-corrected chi connectivity index (χ0v) is 18.3. The summed E-state index contributed by atoms with van der Waals surface area (Å²) in [5.41, 5.74) is 2.55. The minimum atomic E-state index is -4.47. The summed E-state index contributed by atoms with van der Waals surface area (Å²) in [6.45, 7) is 0.243. The van der Waals surface area contributed by atoms with Gasteiger partial charge in [-0.05, 0) is 60.2 Å². The average Bonchev–Trinajstić information content (AvgIpc) is 3.45. The average molecular weight is 476 g/mol. The number of fused-ring (bicyclic) bond motifs is 1. The first-order valence-corrected chi connectivity index (χ1v) is 11.1. The Balaban J connectivity index is 1.40. The number of alkyl halides is 3. The first-order valence-electron chi connectivity index (χ1n) is 11.1. The molecular weight excluding hydrogens is 457 g/mol. The normalized spacial score (nSPS) is 14.0. The van der Waals surface area contributed by atoms with E-state index in [2.05, 4.69) is 20.1 Å². The molecule has 0 radical (unpaired) electrons. The smallest absolute Gasteiger partial charge is 0.303 e. The number of rotatable bonds is 5. The summed E-state index contributed by atoms with van der Waals surface area (Å²) in [4.78, 5) is 24.3. The molecule has 0 amide bonds. The SMILES string of the molecule is O=c1[nH]c2cnc(-c3cc(C(F)(F)F)ccc3C3CC3)nc2n1Cc1ccc(-n2cccn2)cc1. The van der Waals surface area contributed by atoms with Crippen molar-refractivity contribution in [1.82, 2.24) is 29.3 Å². The molecule has 6 rings (SSSR count). The van der Waals surface area contributed by atoms with Gasteiger partial charge in [0.05, 0.1) is 24.0 Å². The van der Waals surface area contributed by atoms with Gasteiger partial charge in [-0.15, -0.1) is 0 Å². The zero-order chi connectivity index (χ0) is 24.2. The molecule has 0 atom stereocenters. The molecule has 7 nitrogen and oxygen atoms in total. The second-order valence-corrected chi connectivity index (χ2v) is 8.64. The Hall–Kier alpha value is -4.21. The first-order chi connectivity index (χ1) is 16.9. The Morgan fingerprint density at radius 1 is 1.09 bits per heavy atom. The molecule has 1 N–H and O–H groups in total. The van der Waals surface area contributed by atoms with Gasteiger partial charge in [0.1, 0.15) is 5.52 Å². The number of halogens is 3. The molecule has 176 valence electrons. The topological polar surface area (TPSA) is 81.4 Å². The molecule has 1 aliphatic carbocycles. The van der Waals surface area contributed by atoms with Gasteiger partial charge >= 0.3 is 11.9 Å². The van der Waals surface area contributed by atoms with Crippen LogP contribution >= 0.6 is 0 Å². The van der Waals surface area contributed by atoms with E-state index in [0.717, 1.165) is 41.8 Å². The van der Waals surface area contributed by atoms with Crippen LogP contribution in [0.3, 0.4) is 0 Å². The van der Waals surface area contributed by atoms with Crippen LogP contribution < -0.4 is 5.69 Å². The highest BCUT2D eigenvalue weighted by Gasteiger charge is 2.34. The van der Waals surface area contributed by atoms with E-state index in [0.29, 0.717) is 16.7 Å². The van der Waals surface area contributed by atoms with E-state index in [1.54, 1.807) is 10.9 Å². The fourth-order valence-electron chi connectivity index (χ4n) is 4.26. The van der Waals surface area contributed by atoms with Crippen LogP contribution in [0.2, 0.25) is 0 Å². The predicted molar refractivity (Wildman–Crippen MR) is 123 cm³/mol. The van der Waals surface area contributed by atoms with Crippen LogP contribution in [-0.2, 0) is 12.7 Å². The van der Waals surface area contributed by atoms with Crippen molar-refractivity contribution >= 4 is 11.2 Å². The van der Waals surface area contributed by atoms with Crippen LogP contribution in [0.4, 0.5) is 13.2 Å². The van der Waals surface area contributed by atoms with E-state index >= 15 is 0 Å². The highest BCUT2D eigenvalue weighted by molar-refractivity contribution is 5.74. The summed E-state index contributed by atoms with van der Waals surface area (Å²) in [6.07, 6.45) is 2.35. The zero-order valence-electron chi connectivity index (χ0n) is 18.3. The van der Waals surface area contributed by atoms with Gasteiger partial charge in [0.15, 0.2) is 11.5 Å². The van der Waals surface area contributed by atoms with Crippen LogP contribution in [0, 0.1) is 0 Å². The standard InChI is InChI=1S/C25H19F3N6O/c26-25(27,28)17-6-9-19(16-4-5-16)20(12-17)22-29-13-21-23(32-22)33(24(35)31-21)14-15-2-7-18(8-3-15)34-11-1-10-30-34/h1-3,6-13,16H,4-5,14H2,(H,31,35). The molecule has 2 aromatic carbocycles. The number of benzene rings is 2. The maximum Gasteiger partial charge on any atom is 0.416 e. The van der Waals surface area contributed by atoms with Gasteiger partial charge in [0.2, 0.25) is 0 Å². The number of imidazole rings is 1. The third-order valence-electron chi connectivity index (χ3n) is 6.20. The van der Waals surface area contributed by atoms with Crippen molar-refractivity contribution in [3.63, 3.8) is 0 Å². The van der Waals surface area contributed by atoms with Crippen molar-refractivity contribution in [2.45, 2.75) is 31.5 Å². The Bertz CT molecular complexity index is 1580.